The number of carbonyl (C=O) groups excluding carboxylic acids is 2. The molecule has 1 atom stereocenters. The molecule has 0 saturated carbocycles. The molecule has 1 N–H and O–H groups in total. The van der Waals surface area contributed by atoms with Crippen molar-refractivity contribution in [2.75, 3.05) is 6.61 Å². The molecule has 1 aromatic heterocycles. The summed E-state index contributed by atoms with van der Waals surface area (Å²) in [5.74, 6) is -0.363. The van der Waals surface area contributed by atoms with Crippen LogP contribution in [-0.4, -0.2) is 33.3 Å². The van der Waals surface area contributed by atoms with Crippen LogP contribution in [0.15, 0.2) is 84.7 Å². The van der Waals surface area contributed by atoms with Crippen LogP contribution in [0.2, 0.25) is 0 Å². The van der Waals surface area contributed by atoms with Crippen molar-refractivity contribution in [2.45, 2.75) is 32.9 Å². The number of rotatable bonds is 8. The standard InChI is InChI=1S/C28H28N2O4/c1-19(2)13-16-34-23-10-6-9-22(17-23)25-24(26(31)21-7-4-3-5-8-21)27(32)28(33)30(25)18-20-11-14-29-15-12-20/h3-12,14-15,17,19,25,31H,13,16,18H2,1-2H3. The lowest BCUT2D eigenvalue weighted by Gasteiger charge is -2.26. The number of pyridine rings is 1. The summed E-state index contributed by atoms with van der Waals surface area (Å²) in [6.45, 7) is 5.05. The number of aliphatic hydroxyl groups is 1. The second-order valence-corrected chi connectivity index (χ2v) is 8.75. The average molecular weight is 457 g/mol. The first-order chi connectivity index (χ1) is 16.5. The highest BCUT2D eigenvalue weighted by Gasteiger charge is 2.46. The summed E-state index contributed by atoms with van der Waals surface area (Å²) in [5.41, 5.74) is 2.10. The van der Waals surface area contributed by atoms with E-state index in [0.29, 0.717) is 29.4 Å². The van der Waals surface area contributed by atoms with Gasteiger partial charge in [-0.25, -0.2) is 0 Å². The van der Waals surface area contributed by atoms with E-state index in [2.05, 4.69) is 18.8 Å². The van der Waals surface area contributed by atoms with Gasteiger partial charge in [-0.3, -0.25) is 14.6 Å². The number of ether oxygens (including phenoxy) is 1. The second-order valence-electron chi connectivity index (χ2n) is 8.75. The molecule has 1 unspecified atom stereocenters. The molecule has 0 bridgehead atoms. The van der Waals surface area contributed by atoms with Crippen molar-refractivity contribution < 1.29 is 19.4 Å². The van der Waals surface area contributed by atoms with Gasteiger partial charge in [-0.2, -0.15) is 0 Å². The predicted octanol–water partition coefficient (Wildman–Crippen LogP) is 5.13. The van der Waals surface area contributed by atoms with E-state index in [1.165, 1.54) is 4.90 Å². The number of aliphatic hydroxyl groups excluding tert-OH is 1. The lowest BCUT2D eigenvalue weighted by molar-refractivity contribution is -0.140. The molecule has 4 rings (SSSR count). The number of hydrogen-bond acceptors (Lipinski definition) is 5. The van der Waals surface area contributed by atoms with Crippen LogP contribution < -0.4 is 4.74 Å². The second kappa shape index (κ2) is 10.3. The van der Waals surface area contributed by atoms with E-state index in [9.17, 15) is 14.7 Å². The highest BCUT2D eigenvalue weighted by atomic mass is 16.5. The molecule has 0 spiro atoms. The van der Waals surface area contributed by atoms with Crippen molar-refractivity contribution in [3.8, 4) is 5.75 Å². The van der Waals surface area contributed by atoms with Crippen LogP contribution in [0.5, 0.6) is 5.75 Å². The molecular formula is C28H28N2O4. The normalized spacial score (nSPS) is 17.4. The van der Waals surface area contributed by atoms with Crippen LogP contribution in [0.25, 0.3) is 5.76 Å². The van der Waals surface area contributed by atoms with Gasteiger partial charge in [-0.1, -0.05) is 56.3 Å². The zero-order chi connectivity index (χ0) is 24.1. The van der Waals surface area contributed by atoms with E-state index in [1.54, 1.807) is 48.8 Å². The summed E-state index contributed by atoms with van der Waals surface area (Å²) in [6, 6.07) is 19.1. The minimum atomic E-state index is -0.748. The first kappa shape index (κ1) is 23.2. The smallest absolute Gasteiger partial charge is 0.295 e. The first-order valence-electron chi connectivity index (χ1n) is 11.4. The molecule has 1 aliphatic heterocycles. The number of ketones is 1. The molecule has 2 aromatic carbocycles. The van der Waals surface area contributed by atoms with E-state index in [-0.39, 0.29) is 17.9 Å². The number of amides is 1. The summed E-state index contributed by atoms with van der Waals surface area (Å²) < 4.78 is 5.93. The minimum Gasteiger partial charge on any atom is -0.507 e. The lowest BCUT2D eigenvalue weighted by Crippen LogP contribution is -2.29. The Labute approximate surface area is 199 Å². The quantitative estimate of drug-likeness (QED) is 0.289. The van der Waals surface area contributed by atoms with E-state index in [0.717, 1.165) is 12.0 Å². The summed E-state index contributed by atoms with van der Waals surface area (Å²) in [7, 11) is 0. The van der Waals surface area contributed by atoms with Crippen LogP contribution in [-0.2, 0) is 16.1 Å². The topological polar surface area (TPSA) is 79.7 Å². The van der Waals surface area contributed by atoms with E-state index in [1.807, 2.05) is 30.3 Å². The molecule has 0 aliphatic carbocycles. The fourth-order valence-electron chi connectivity index (χ4n) is 4.01. The van der Waals surface area contributed by atoms with Crippen molar-refractivity contribution in [2.24, 2.45) is 5.92 Å². The number of aromatic nitrogens is 1. The van der Waals surface area contributed by atoms with E-state index >= 15 is 0 Å². The zero-order valence-corrected chi connectivity index (χ0v) is 19.3. The highest BCUT2D eigenvalue weighted by molar-refractivity contribution is 6.46. The molecule has 1 saturated heterocycles. The minimum absolute atomic E-state index is 0.0737. The van der Waals surface area contributed by atoms with Crippen LogP contribution in [0.1, 0.15) is 43.0 Å². The third-order valence-electron chi connectivity index (χ3n) is 5.83. The number of benzene rings is 2. The Morgan fingerprint density at radius 1 is 1.03 bits per heavy atom. The van der Waals surface area contributed by atoms with Gasteiger partial charge in [0.1, 0.15) is 11.5 Å². The van der Waals surface area contributed by atoms with E-state index < -0.39 is 17.7 Å². The Bertz CT molecular complexity index is 1190. The van der Waals surface area contributed by atoms with Crippen molar-refractivity contribution in [1.82, 2.24) is 9.88 Å². The SMILES string of the molecule is CC(C)CCOc1cccc(C2C(=C(O)c3ccccc3)C(=O)C(=O)N2Cc2ccncc2)c1. The van der Waals surface area contributed by atoms with Gasteiger partial charge in [0, 0.05) is 24.5 Å². The van der Waals surface area contributed by atoms with Crippen molar-refractivity contribution in [1.29, 1.82) is 0 Å². The fraction of sp³-hybridized carbons (Fsp3) is 0.250. The summed E-state index contributed by atoms with van der Waals surface area (Å²) in [6.07, 6.45) is 4.21. The van der Waals surface area contributed by atoms with Gasteiger partial charge in [-0.05, 0) is 47.7 Å². The van der Waals surface area contributed by atoms with Gasteiger partial charge < -0.3 is 14.7 Å². The third kappa shape index (κ3) is 5.01. The molecule has 3 aromatic rings. The Kier molecular flexibility index (Phi) is 7.07. The van der Waals surface area contributed by atoms with E-state index in [4.69, 9.17) is 4.74 Å². The number of nitrogens with zero attached hydrogens (tertiary/aromatic N) is 2. The largest absolute Gasteiger partial charge is 0.507 e. The predicted molar refractivity (Wildman–Crippen MR) is 130 cm³/mol. The molecule has 2 heterocycles. The summed E-state index contributed by atoms with van der Waals surface area (Å²) in [4.78, 5) is 31.9. The molecule has 1 aliphatic rings. The Morgan fingerprint density at radius 2 is 1.76 bits per heavy atom. The summed E-state index contributed by atoms with van der Waals surface area (Å²) >= 11 is 0. The summed E-state index contributed by atoms with van der Waals surface area (Å²) in [5, 5.41) is 11.1. The fourth-order valence-corrected chi connectivity index (χ4v) is 4.01. The number of carbonyl (C=O) groups is 2. The first-order valence-corrected chi connectivity index (χ1v) is 11.4. The van der Waals surface area contributed by atoms with Gasteiger partial charge >= 0.3 is 0 Å². The van der Waals surface area contributed by atoms with Crippen molar-refractivity contribution in [3.63, 3.8) is 0 Å². The van der Waals surface area contributed by atoms with Gasteiger partial charge in [-0.15, -0.1) is 0 Å². The Balaban J connectivity index is 1.77. The molecule has 0 radical (unpaired) electrons. The average Bonchev–Trinajstić information content (AvgIpc) is 3.10. The van der Waals surface area contributed by atoms with Crippen molar-refractivity contribution >= 4 is 17.4 Å². The van der Waals surface area contributed by atoms with Crippen LogP contribution in [0, 0.1) is 5.92 Å². The molecule has 34 heavy (non-hydrogen) atoms. The third-order valence-corrected chi connectivity index (χ3v) is 5.83. The van der Waals surface area contributed by atoms with Crippen LogP contribution in [0.3, 0.4) is 0 Å². The Hall–Kier alpha value is -3.93. The Morgan fingerprint density at radius 3 is 2.47 bits per heavy atom. The van der Waals surface area contributed by atoms with Gasteiger partial charge in [0.15, 0.2) is 0 Å². The molecule has 6 heteroatoms. The highest BCUT2D eigenvalue weighted by Crippen LogP contribution is 2.41. The maximum atomic E-state index is 13.2. The molecule has 1 fully saturated rings. The number of hydrogen-bond donors (Lipinski definition) is 1. The molecular weight excluding hydrogens is 428 g/mol. The molecule has 6 nitrogen and oxygen atoms in total. The van der Waals surface area contributed by atoms with Gasteiger partial charge in [0.25, 0.3) is 11.7 Å². The van der Waals surface area contributed by atoms with Crippen LogP contribution >= 0.6 is 0 Å². The van der Waals surface area contributed by atoms with Crippen LogP contribution in [0.4, 0.5) is 0 Å². The monoisotopic (exact) mass is 456 g/mol. The lowest BCUT2D eigenvalue weighted by atomic mass is 9.95. The van der Waals surface area contributed by atoms with Crippen molar-refractivity contribution in [3.05, 3.63) is 101 Å². The van der Waals surface area contributed by atoms with Gasteiger partial charge in [0.05, 0.1) is 18.2 Å². The zero-order valence-electron chi connectivity index (χ0n) is 19.3. The number of likely N-dealkylation sites (tertiary alicyclic amines) is 1. The number of Topliss-reactive ketones (excluding diaryl/α,β-unsaturated/α-hetero) is 1. The van der Waals surface area contributed by atoms with Gasteiger partial charge in [0.2, 0.25) is 0 Å². The molecule has 174 valence electrons. The maximum Gasteiger partial charge on any atom is 0.295 e. The maximum absolute atomic E-state index is 13.2. The molecule has 1 amide bonds.